The molecule has 0 atom stereocenters. The highest BCUT2D eigenvalue weighted by molar-refractivity contribution is 5.66. The molecule has 0 aliphatic carbocycles. The third kappa shape index (κ3) is 4.56. The number of nitrogen functional groups attached to an aromatic ring is 1. The van der Waals surface area contributed by atoms with Gasteiger partial charge in [-0.15, -0.1) is 0 Å². The average Bonchev–Trinajstić information content (AvgIpc) is 2.29. The lowest BCUT2D eigenvalue weighted by atomic mass is 10.2. The Hall–Kier alpha value is -1.36. The first-order valence-corrected chi connectivity index (χ1v) is 5.71. The maximum atomic E-state index is 13.1. The van der Waals surface area contributed by atoms with Crippen LogP contribution in [0.15, 0.2) is 12.1 Å². The summed E-state index contributed by atoms with van der Waals surface area (Å²) in [6, 6.07) is 1.95. The molecule has 0 aromatic heterocycles. The minimum Gasteiger partial charge on any atom is -0.395 e. The van der Waals surface area contributed by atoms with Gasteiger partial charge in [0.25, 0.3) is 0 Å². The molecule has 3 nitrogen and oxygen atoms in total. The van der Waals surface area contributed by atoms with Gasteiger partial charge in [-0.3, -0.25) is 0 Å². The summed E-state index contributed by atoms with van der Waals surface area (Å²) in [5, 5.41) is 2.89. The van der Waals surface area contributed by atoms with Gasteiger partial charge < -0.3 is 15.8 Å². The highest BCUT2D eigenvalue weighted by atomic mass is 19.1. The molecule has 0 aliphatic heterocycles. The van der Waals surface area contributed by atoms with Crippen LogP contribution in [-0.2, 0) is 4.74 Å². The van der Waals surface area contributed by atoms with Gasteiger partial charge in [0.15, 0.2) is 5.82 Å². The van der Waals surface area contributed by atoms with E-state index in [1.54, 1.807) is 0 Å². The van der Waals surface area contributed by atoms with E-state index in [1.807, 2.05) is 6.92 Å². The van der Waals surface area contributed by atoms with Crippen molar-refractivity contribution < 1.29 is 13.5 Å². The van der Waals surface area contributed by atoms with E-state index in [0.717, 1.165) is 25.5 Å². The predicted octanol–water partition coefficient (Wildman–Crippen LogP) is 2.78. The first kappa shape index (κ1) is 13.7. The molecule has 1 aromatic rings. The van der Waals surface area contributed by atoms with Crippen molar-refractivity contribution in [3.8, 4) is 0 Å². The Labute approximate surface area is 100.0 Å². The predicted molar refractivity (Wildman–Crippen MR) is 65.0 cm³/mol. The number of anilines is 2. The third-order valence-electron chi connectivity index (χ3n) is 2.22. The molecule has 5 heteroatoms. The van der Waals surface area contributed by atoms with Crippen LogP contribution < -0.4 is 11.1 Å². The second kappa shape index (κ2) is 7.06. The number of hydrogen-bond acceptors (Lipinski definition) is 3. The van der Waals surface area contributed by atoms with Crippen LogP contribution in [0.25, 0.3) is 0 Å². The summed E-state index contributed by atoms with van der Waals surface area (Å²) in [7, 11) is 0. The summed E-state index contributed by atoms with van der Waals surface area (Å²) in [5.74, 6) is -1.38. The SMILES string of the molecule is CCCOCCCNc1cc(F)cc(F)c1N. The smallest absolute Gasteiger partial charge is 0.151 e. The zero-order chi connectivity index (χ0) is 12.7. The molecule has 0 saturated heterocycles. The normalized spacial score (nSPS) is 10.5. The standard InChI is InChI=1S/C12H18F2N2O/c1-2-5-17-6-3-4-16-11-8-9(13)7-10(14)12(11)15/h7-8,16H,2-6,15H2,1H3. The topological polar surface area (TPSA) is 47.3 Å². The molecule has 0 spiro atoms. The summed E-state index contributed by atoms with van der Waals surface area (Å²) in [6.07, 6.45) is 1.74. The van der Waals surface area contributed by atoms with Crippen LogP contribution in [0.5, 0.6) is 0 Å². The number of hydrogen-bond donors (Lipinski definition) is 2. The van der Waals surface area contributed by atoms with Gasteiger partial charge in [0.2, 0.25) is 0 Å². The van der Waals surface area contributed by atoms with Crippen molar-refractivity contribution >= 4 is 11.4 Å². The molecular formula is C12H18F2N2O. The largest absolute Gasteiger partial charge is 0.395 e. The Morgan fingerprint density at radius 3 is 2.76 bits per heavy atom. The van der Waals surface area contributed by atoms with Crippen LogP contribution >= 0.6 is 0 Å². The zero-order valence-corrected chi connectivity index (χ0v) is 9.93. The first-order valence-electron chi connectivity index (χ1n) is 5.71. The Morgan fingerprint density at radius 1 is 1.29 bits per heavy atom. The molecule has 0 unspecified atom stereocenters. The van der Waals surface area contributed by atoms with Crippen LogP contribution in [0, 0.1) is 11.6 Å². The van der Waals surface area contributed by atoms with E-state index >= 15 is 0 Å². The quantitative estimate of drug-likeness (QED) is 0.572. The third-order valence-corrected chi connectivity index (χ3v) is 2.22. The molecule has 17 heavy (non-hydrogen) atoms. The Morgan fingerprint density at radius 2 is 2.06 bits per heavy atom. The van der Waals surface area contributed by atoms with Gasteiger partial charge in [-0.25, -0.2) is 8.78 Å². The molecule has 1 aromatic carbocycles. The second-order valence-corrected chi connectivity index (χ2v) is 3.74. The van der Waals surface area contributed by atoms with Gasteiger partial charge in [0.1, 0.15) is 5.82 Å². The van der Waals surface area contributed by atoms with Crippen LogP contribution in [-0.4, -0.2) is 19.8 Å². The van der Waals surface area contributed by atoms with E-state index in [2.05, 4.69) is 5.32 Å². The van der Waals surface area contributed by atoms with E-state index in [9.17, 15) is 8.78 Å². The molecule has 0 saturated carbocycles. The van der Waals surface area contributed by atoms with Crippen molar-refractivity contribution in [2.45, 2.75) is 19.8 Å². The first-order chi connectivity index (χ1) is 8.15. The van der Waals surface area contributed by atoms with Gasteiger partial charge in [0.05, 0.1) is 11.4 Å². The molecule has 96 valence electrons. The van der Waals surface area contributed by atoms with Crippen molar-refractivity contribution in [3.05, 3.63) is 23.8 Å². The Bertz CT molecular complexity index is 359. The summed E-state index contributed by atoms with van der Waals surface area (Å²) >= 11 is 0. The molecule has 3 N–H and O–H groups in total. The minimum absolute atomic E-state index is 0.0547. The van der Waals surface area contributed by atoms with Gasteiger partial charge >= 0.3 is 0 Å². The average molecular weight is 244 g/mol. The van der Waals surface area contributed by atoms with Crippen LogP contribution in [0.2, 0.25) is 0 Å². The Balaban J connectivity index is 2.36. The number of rotatable bonds is 7. The summed E-state index contributed by atoms with van der Waals surface area (Å²) in [4.78, 5) is 0. The molecule has 0 aliphatic rings. The lowest BCUT2D eigenvalue weighted by Crippen LogP contribution is -2.09. The van der Waals surface area contributed by atoms with Crippen LogP contribution in [0.3, 0.4) is 0 Å². The van der Waals surface area contributed by atoms with E-state index in [-0.39, 0.29) is 11.4 Å². The van der Waals surface area contributed by atoms with Gasteiger partial charge in [-0.1, -0.05) is 6.92 Å². The summed E-state index contributed by atoms with van der Waals surface area (Å²) < 4.78 is 31.3. The molecule has 0 radical (unpaired) electrons. The molecular weight excluding hydrogens is 226 g/mol. The van der Waals surface area contributed by atoms with E-state index in [0.29, 0.717) is 13.2 Å². The number of nitrogens with one attached hydrogen (secondary N) is 1. The van der Waals surface area contributed by atoms with Gasteiger partial charge in [-0.05, 0) is 18.9 Å². The number of benzene rings is 1. The highest BCUT2D eigenvalue weighted by Crippen LogP contribution is 2.23. The van der Waals surface area contributed by atoms with Gasteiger partial charge in [-0.2, -0.15) is 0 Å². The Kier molecular flexibility index (Phi) is 5.69. The molecule has 0 amide bonds. The highest BCUT2D eigenvalue weighted by Gasteiger charge is 2.07. The van der Waals surface area contributed by atoms with E-state index < -0.39 is 11.6 Å². The van der Waals surface area contributed by atoms with Crippen molar-refractivity contribution in [1.29, 1.82) is 0 Å². The maximum Gasteiger partial charge on any atom is 0.151 e. The van der Waals surface area contributed by atoms with Crippen molar-refractivity contribution in [3.63, 3.8) is 0 Å². The monoisotopic (exact) mass is 244 g/mol. The van der Waals surface area contributed by atoms with E-state index in [1.165, 1.54) is 6.07 Å². The fourth-order valence-electron chi connectivity index (χ4n) is 1.37. The van der Waals surface area contributed by atoms with Gasteiger partial charge in [0, 0.05) is 25.8 Å². The lowest BCUT2D eigenvalue weighted by Gasteiger charge is -2.10. The van der Waals surface area contributed by atoms with Crippen molar-refractivity contribution in [2.75, 3.05) is 30.8 Å². The number of nitrogens with two attached hydrogens (primary N) is 1. The second-order valence-electron chi connectivity index (χ2n) is 3.74. The molecule has 0 fully saturated rings. The van der Waals surface area contributed by atoms with Crippen molar-refractivity contribution in [1.82, 2.24) is 0 Å². The van der Waals surface area contributed by atoms with Crippen LogP contribution in [0.1, 0.15) is 19.8 Å². The number of halogens is 2. The lowest BCUT2D eigenvalue weighted by molar-refractivity contribution is 0.134. The maximum absolute atomic E-state index is 13.1. The zero-order valence-electron chi connectivity index (χ0n) is 9.93. The number of ether oxygens (including phenoxy) is 1. The summed E-state index contributed by atoms with van der Waals surface area (Å²) in [6.45, 7) is 3.96. The summed E-state index contributed by atoms with van der Waals surface area (Å²) in [5.41, 5.74) is 5.71. The minimum atomic E-state index is -0.741. The fourth-order valence-corrected chi connectivity index (χ4v) is 1.37. The molecule has 0 bridgehead atoms. The molecule has 0 heterocycles. The van der Waals surface area contributed by atoms with Crippen LogP contribution in [0.4, 0.5) is 20.2 Å². The van der Waals surface area contributed by atoms with E-state index in [4.69, 9.17) is 10.5 Å². The van der Waals surface area contributed by atoms with Crippen molar-refractivity contribution in [2.24, 2.45) is 0 Å². The fraction of sp³-hybridized carbons (Fsp3) is 0.500. The molecule has 1 rings (SSSR count).